The van der Waals surface area contributed by atoms with Gasteiger partial charge in [-0.2, -0.15) is 5.10 Å². The number of urea groups is 1. The first-order chi connectivity index (χ1) is 9.16. The van der Waals surface area contributed by atoms with E-state index in [0.29, 0.717) is 6.54 Å². The van der Waals surface area contributed by atoms with E-state index in [2.05, 4.69) is 20.8 Å². The van der Waals surface area contributed by atoms with Gasteiger partial charge in [0.05, 0.1) is 0 Å². The van der Waals surface area contributed by atoms with Gasteiger partial charge in [0.25, 0.3) is 0 Å². The van der Waals surface area contributed by atoms with Crippen LogP contribution < -0.4 is 10.6 Å². The van der Waals surface area contributed by atoms with Gasteiger partial charge in [0.2, 0.25) is 0 Å². The smallest absolute Gasteiger partial charge is 0.341 e. The van der Waals surface area contributed by atoms with Crippen LogP contribution in [-0.2, 0) is 6.54 Å². The number of amides is 2. The van der Waals surface area contributed by atoms with Crippen LogP contribution in [-0.4, -0.2) is 27.3 Å². The molecule has 0 saturated heterocycles. The number of rotatable bonds is 4. The van der Waals surface area contributed by atoms with Crippen molar-refractivity contribution in [1.29, 1.82) is 0 Å². The second-order valence-corrected chi connectivity index (χ2v) is 3.75. The first-order valence-electron chi connectivity index (χ1n) is 5.52. The number of carboxylic acid groups (broad SMARTS) is 1. The lowest BCUT2D eigenvalue weighted by Gasteiger charge is -2.06. The Morgan fingerprint density at radius 3 is 2.68 bits per heavy atom. The van der Waals surface area contributed by atoms with Crippen LogP contribution in [0.3, 0.4) is 0 Å². The summed E-state index contributed by atoms with van der Waals surface area (Å²) >= 11 is 0. The molecule has 0 atom stereocenters. The van der Waals surface area contributed by atoms with Crippen molar-refractivity contribution in [2.75, 3.05) is 5.32 Å². The van der Waals surface area contributed by atoms with E-state index >= 15 is 0 Å². The van der Waals surface area contributed by atoms with Crippen LogP contribution in [0.5, 0.6) is 0 Å². The van der Waals surface area contributed by atoms with Crippen molar-refractivity contribution in [3.05, 3.63) is 47.7 Å². The van der Waals surface area contributed by atoms with Gasteiger partial charge in [0.1, 0.15) is 5.56 Å². The fourth-order valence-corrected chi connectivity index (χ4v) is 1.48. The third-order valence-electron chi connectivity index (χ3n) is 2.40. The molecule has 0 spiro atoms. The van der Waals surface area contributed by atoms with Gasteiger partial charge in [0.15, 0.2) is 5.82 Å². The molecule has 0 bridgehead atoms. The Morgan fingerprint density at radius 1 is 1.26 bits per heavy atom. The molecule has 2 amide bonds. The lowest BCUT2D eigenvalue weighted by atomic mass is 10.2. The van der Waals surface area contributed by atoms with Crippen molar-refractivity contribution in [1.82, 2.24) is 15.5 Å². The molecule has 7 nitrogen and oxygen atoms in total. The number of carbonyl (C=O) groups is 2. The quantitative estimate of drug-likeness (QED) is 0.667. The zero-order valence-corrected chi connectivity index (χ0v) is 9.88. The van der Waals surface area contributed by atoms with Gasteiger partial charge in [0, 0.05) is 12.7 Å². The highest BCUT2D eigenvalue weighted by atomic mass is 16.4. The maximum Gasteiger partial charge on any atom is 0.341 e. The molecule has 0 aliphatic heterocycles. The van der Waals surface area contributed by atoms with E-state index in [4.69, 9.17) is 5.11 Å². The summed E-state index contributed by atoms with van der Waals surface area (Å²) < 4.78 is 0. The molecule has 1 heterocycles. The van der Waals surface area contributed by atoms with Gasteiger partial charge in [-0.25, -0.2) is 9.59 Å². The minimum atomic E-state index is -1.16. The number of carboxylic acids is 1. The Labute approximate surface area is 108 Å². The Kier molecular flexibility index (Phi) is 3.77. The van der Waals surface area contributed by atoms with E-state index in [1.165, 1.54) is 6.20 Å². The van der Waals surface area contributed by atoms with Crippen LogP contribution in [0.2, 0.25) is 0 Å². The molecule has 0 saturated carbocycles. The molecule has 2 rings (SSSR count). The van der Waals surface area contributed by atoms with E-state index in [-0.39, 0.29) is 11.4 Å². The van der Waals surface area contributed by atoms with Crippen LogP contribution in [0, 0.1) is 0 Å². The molecule has 1 aromatic carbocycles. The number of aromatic carboxylic acids is 1. The summed E-state index contributed by atoms with van der Waals surface area (Å²) in [4.78, 5) is 22.4. The number of anilines is 1. The van der Waals surface area contributed by atoms with E-state index in [0.717, 1.165) is 5.56 Å². The van der Waals surface area contributed by atoms with E-state index < -0.39 is 12.0 Å². The third kappa shape index (κ3) is 3.32. The summed E-state index contributed by atoms with van der Waals surface area (Å²) in [5, 5.41) is 19.9. The first kappa shape index (κ1) is 12.6. The molecule has 4 N–H and O–H groups in total. The monoisotopic (exact) mass is 260 g/mol. The van der Waals surface area contributed by atoms with Crippen molar-refractivity contribution >= 4 is 17.8 Å². The van der Waals surface area contributed by atoms with Crippen molar-refractivity contribution in [3.8, 4) is 0 Å². The zero-order chi connectivity index (χ0) is 13.7. The second kappa shape index (κ2) is 5.67. The molecule has 2 aromatic rings. The summed E-state index contributed by atoms with van der Waals surface area (Å²) in [7, 11) is 0. The Balaban J connectivity index is 1.91. The highest BCUT2D eigenvalue weighted by Gasteiger charge is 2.14. The molecule has 0 unspecified atom stereocenters. The van der Waals surface area contributed by atoms with Gasteiger partial charge in [-0.15, -0.1) is 0 Å². The summed E-state index contributed by atoms with van der Waals surface area (Å²) in [5.41, 5.74) is 0.855. The summed E-state index contributed by atoms with van der Waals surface area (Å²) in [6.07, 6.45) is 1.20. The molecular formula is C12H12N4O3. The van der Waals surface area contributed by atoms with Crippen LogP contribution in [0.1, 0.15) is 15.9 Å². The van der Waals surface area contributed by atoms with Gasteiger partial charge >= 0.3 is 12.0 Å². The highest BCUT2D eigenvalue weighted by molar-refractivity contribution is 5.98. The van der Waals surface area contributed by atoms with Crippen LogP contribution >= 0.6 is 0 Å². The normalized spacial score (nSPS) is 9.89. The van der Waals surface area contributed by atoms with Gasteiger partial charge in [-0.05, 0) is 5.56 Å². The maximum atomic E-state index is 11.6. The summed E-state index contributed by atoms with van der Waals surface area (Å²) in [6, 6.07) is 8.84. The molecule has 0 fully saturated rings. The Hall–Kier alpha value is -2.83. The standard InChI is InChI=1S/C12H12N4O3/c17-11(18)9-7-14-16-10(9)15-12(19)13-6-8-4-2-1-3-5-8/h1-5,7H,6H2,(H,17,18)(H3,13,14,15,16,19). The summed E-state index contributed by atoms with van der Waals surface area (Å²) in [6.45, 7) is 0.347. The minimum Gasteiger partial charge on any atom is -0.477 e. The maximum absolute atomic E-state index is 11.6. The van der Waals surface area contributed by atoms with Crippen molar-refractivity contribution in [2.24, 2.45) is 0 Å². The summed E-state index contributed by atoms with van der Waals surface area (Å²) in [5.74, 6) is -1.18. The van der Waals surface area contributed by atoms with Gasteiger partial charge in [-0.3, -0.25) is 10.4 Å². The number of hydrogen-bond donors (Lipinski definition) is 4. The molecule has 98 valence electrons. The van der Waals surface area contributed by atoms with Crippen LogP contribution in [0.15, 0.2) is 36.5 Å². The Morgan fingerprint density at radius 2 is 2.00 bits per heavy atom. The van der Waals surface area contributed by atoms with Crippen molar-refractivity contribution in [3.63, 3.8) is 0 Å². The number of benzene rings is 1. The lowest BCUT2D eigenvalue weighted by molar-refractivity contribution is 0.0698. The van der Waals surface area contributed by atoms with Crippen molar-refractivity contribution < 1.29 is 14.7 Å². The largest absolute Gasteiger partial charge is 0.477 e. The van der Waals surface area contributed by atoms with Crippen LogP contribution in [0.25, 0.3) is 0 Å². The molecule has 0 radical (unpaired) electrons. The molecular weight excluding hydrogens is 248 g/mol. The predicted molar refractivity (Wildman–Crippen MR) is 67.8 cm³/mol. The number of carbonyl (C=O) groups excluding carboxylic acids is 1. The predicted octanol–water partition coefficient (Wildman–Crippen LogP) is 1.43. The number of H-pyrrole nitrogens is 1. The molecule has 7 heteroatoms. The SMILES string of the molecule is O=C(NCc1ccccc1)Nc1n[nH]cc1C(=O)O. The Bertz CT molecular complexity index is 580. The van der Waals surface area contributed by atoms with E-state index in [1.54, 1.807) is 0 Å². The minimum absolute atomic E-state index is 0.0157. The average Bonchev–Trinajstić information content (AvgIpc) is 2.86. The fraction of sp³-hybridized carbons (Fsp3) is 0.0833. The van der Waals surface area contributed by atoms with E-state index in [1.807, 2.05) is 30.3 Å². The van der Waals surface area contributed by atoms with Crippen LogP contribution in [0.4, 0.5) is 10.6 Å². The first-order valence-corrected chi connectivity index (χ1v) is 5.52. The van der Waals surface area contributed by atoms with Gasteiger partial charge < -0.3 is 10.4 Å². The average molecular weight is 260 g/mol. The number of nitrogens with zero attached hydrogens (tertiary/aromatic N) is 1. The van der Waals surface area contributed by atoms with Crippen molar-refractivity contribution in [2.45, 2.75) is 6.54 Å². The zero-order valence-electron chi connectivity index (χ0n) is 9.88. The highest BCUT2D eigenvalue weighted by Crippen LogP contribution is 2.10. The molecule has 0 aliphatic carbocycles. The fourth-order valence-electron chi connectivity index (χ4n) is 1.48. The number of nitrogens with one attached hydrogen (secondary N) is 3. The van der Waals surface area contributed by atoms with E-state index in [9.17, 15) is 9.59 Å². The van der Waals surface area contributed by atoms with Gasteiger partial charge in [-0.1, -0.05) is 30.3 Å². The molecule has 0 aliphatic rings. The number of hydrogen-bond acceptors (Lipinski definition) is 3. The molecule has 1 aromatic heterocycles. The lowest BCUT2D eigenvalue weighted by Crippen LogP contribution is -2.28. The number of aromatic nitrogens is 2. The second-order valence-electron chi connectivity index (χ2n) is 3.75. The molecule has 19 heavy (non-hydrogen) atoms. The number of aromatic amines is 1. The topological polar surface area (TPSA) is 107 Å². The third-order valence-corrected chi connectivity index (χ3v) is 2.40.